The highest BCUT2D eigenvalue weighted by Gasteiger charge is 2.50. The minimum absolute atomic E-state index is 0.438. The molecule has 0 aromatic heterocycles. The lowest BCUT2D eigenvalue weighted by molar-refractivity contribution is -0.506. The van der Waals surface area contributed by atoms with Crippen LogP contribution in [0.25, 0.3) is 0 Å². The summed E-state index contributed by atoms with van der Waals surface area (Å²) < 4.78 is 0. The summed E-state index contributed by atoms with van der Waals surface area (Å²) in [7, 11) is 1.88. The second-order valence-electron chi connectivity index (χ2n) is 5.09. The molecule has 1 aliphatic rings. The fraction of sp³-hybridized carbons (Fsp3) is 0.900. The number of nitrogens with zero attached hydrogens (tertiary/aromatic N) is 3. The third-order valence-electron chi connectivity index (χ3n) is 3.42. The van der Waals surface area contributed by atoms with Crippen molar-refractivity contribution in [2.75, 3.05) is 13.7 Å². The molecule has 0 spiro atoms. The van der Waals surface area contributed by atoms with Gasteiger partial charge in [-0.15, -0.1) is 0 Å². The Labute approximate surface area is 95.1 Å². The highest BCUT2D eigenvalue weighted by Crippen LogP contribution is 2.34. The summed E-state index contributed by atoms with van der Waals surface area (Å²) in [6.45, 7) is 7.05. The van der Waals surface area contributed by atoms with Crippen LogP contribution in [0.15, 0.2) is 4.99 Å². The average Bonchev–Trinajstić information content (AvgIpc) is 2.28. The van der Waals surface area contributed by atoms with E-state index in [1.165, 1.54) is 0 Å². The van der Waals surface area contributed by atoms with E-state index < -0.39 is 28.8 Å². The van der Waals surface area contributed by atoms with Crippen LogP contribution in [-0.4, -0.2) is 51.5 Å². The molecule has 1 unspecified atom stereocenters. The van der Waals surface area contributed by atoms with Gasteiger partial charge < -0.3 is 5.11 Å². The van der Waals surface area contributed by atoms with Gasteiger partial charge in [-0.25, -0.2) is 0 Å². The van der Waals surface area contributed by atoms with Crippen LogP contribution in [0.3, 0.4) is 0 Å². The molecule has 92 valence electrons. The summed E-state index contributed by atoms with van der Waals surface area (Å²) in [5.41, 5.74) is -0.542. The van der Waals surface area contributed by atoms with Gasteiger partial charge in [0.05, 0.1) is 5.54 Å². The molecule has 0 bridgehead atoms. The van der Waals surface area contributed by atoms with E-state index in [2.05, 4.69) is 4.99 Å². The van der Waals surface area contributed by atoms with Gasteiger partial charge >= 0.3 is 0 Å². The van der Waals surface area contributed by atoms with Crippen molar-refractivity contribution < 1.29 is 10.0 Å². The smallest absolute Gasteiger partial charge is 0.274 e. The van der Waals surface area contributed by atoms with E-state index >= 15 is 0 Å². The highest BCUT2D eigenvalue weighted by atomic mass is 16.6. The lowest BCUT2D eigenvalue weighted by atomic mass is 9.92. The first-order valence-electron chi connectivity index (χ1n) is 5.23. The van der Waals surface area contributed by atoms with Crippen LogP contribution in [0.4, 0.5) is 0 Å². The van der Waals surface area contributed by atoms with Crippen LogP contribution in [0.2, 0.25) is 0 Å². The van der Waals surface area contributed by atoms with E-state index in [1.807, 2.05) is 39.6 Å². The van der Waals surface area contributed by atoms with E-state index in [-0.39, 0.29) is 0 Å². The molecule has 0 aliphatic carbocycles. The van der Waals surface area contributed by atoms with Gasteiger partial charge in [-0.1, -0.05) is 0 Å². The second-order valence-corrected chi connectivity index (χ2v) is 5.09. The number of aliphatic imine (C=N–C) groups is 1. The molecular formula is C10H19N3O3. The molecule has 1 N–H and O–H groups in total. The van der Waals surface area contributed by atoms with Gasteiger partial charge in [0.2, 0.25) is 0 Å². The maximum Gasteiger partial charge on any atom is 0.274 e. The average molecular weight is 229 g/mol. The molecule has 0 saturated carbocycles. The predicted octanol–water partition coefficient (Wildman–Crippen LogP) is 0.525. The van der Waals surface area contributed by atoms with Crippen molar-refractivity contribution in [1.29, 1.82) is 0 Å². The zero-order valence-electron chi connectivity index (χ0n) is 10.4. The van der Waals surface area contributed by atoms with Gasteiger partial charge in [0, 0.05) is 4.92 Å². The summed E-state index contributed by atoms with van der Waals surface area (Å²) in [6, 6.07) is -1.11. The van der Waals surface area contributed by atoms with Crippen molar-refractivity contribution >= 4 is 5.71 Å². The molecule has 0 saturated heterocycles. The van der Waals surface area contributed by atoms with Gasteiger partial charge in [-0.05, 0) is 34.7 Å². The van der Waals surface area contributed by atoms with Crippen molar-refractivity contribution in [2.24, 2.45) is 4.99 Å². The molecular weight excluding hydrogens is 210 g/mol. The molecule has 0 fully saturated rings. The number of aliphatic hydroxyl groups excluding tert-OH is 1. The van der Waals surface area contributed by atoms with Crippen molar-refractivity contribution in [1.82, 2.24) is 4.90 Å². The number of rotatable bonds is 3. The quantitative estimate of drug-likeness (QED) is 0.565. The minimum Gasteiger partial charge on any atom is -0.389 e. The lowest BCUT2D eigenvalue weighted by Gasteiger charge is -2.36. The van der Waals surface area contributed by atoms with Gasteiger partial charge in [0.25, 0.3) is 6.04 Å². The van der Waals surface area contributed by atoms with Crippen LogP contribution in [0, 0.1) is 10.1 Å². The first kappa shape index (κ1) is 13.1. The van der Waals surface area contributed by atoms with Crippen LogP contribution in [0.5, 0.6) is 0 Å². The zero-order chi connectivity index (χ0) is 12.7. The maximum absolute atomic E-state index is 10.9. The molecule has 0 aromatic rings. The molecule has 1 rings (SSSR count). The molecule has 1 atom stereocenters. The number of hydrogen-bond acceptors (Lipinski definition) is 5. The SMILES string of the molecule is CN1C(C)(C)N=C(C(CO)[N+](=O)[O-])C1(C)C. The van der Waals surface area contributed by atoms with E-state index in [0.717, 1.165) is 0 Å². The van der Waals surface area contributed by atoms with Crippen molar-refractivity contribution in [2.45, 2.75) is 44.9 Å². The molecule has 1 heterocycles. The van der Waals surface area contributed by atoms with Crippen LogP contribution in [0.1, 0.15) is 27.7 Å². The van der Waals surface area contributed by atoms with Crippen molar-refractivity contribution in [3.63, 3.8) is 0 Å². The molecule has 6 nitrogen and oxygen atoms in total. The number of nitro groups is 1. The Morgan fingerprint density at radius 3 is 2.25 bits per heavy atom. The van der Waals surface area contributed by atoms with E-state index in [9.17, 15) is 10.1 Å². The number of aliphatic hydroxyl groups is 1. The molecule has 6 heteroatoms. The monoisotopic (exact) mass is 229 g/mol. The molecule has 0 amide bonds. The largest absolute Gasteiger partial charge is 0.389 e. The Bertz CT molecular complexity index is 336. The van der Waals surface area contributed by atoms with Crippen LogP contribution >= 0.6 is 0 Å². The Balaban J connectivity index is 3.18. The molecule has 1 aliphatic heterocycles. The normalized spacial score (nSPS) is 25.2. The highest BCUT2D eigenvalue weighted by molar-refractivity contribution is 5.98. The van der Waals surface area contributed by atoms with Gasteiger partial charge in [0.15, 0.2) is 0 Å². The summed E-state index contributed by atoms with van der Waals surface area (Å²) in [6.07, 6.45) is 0. The van der Waals surface area contributed by atoms with Crippen molar-refractivity contribution in [3.05, 3.63) is 10.1 Å². The first-order chi connectivity index (χ1) is 7.14. The number of hydrogen-bond donors (Lipinski definition) is 1. The molecule has 0 radical (unpaired) electrons. The van der Waals surface area contributed by atoms with E-state index in [4.69, 9.17) is 5.11 Å². The van der Waals surface area contributed by atoms with Gasteiger partial charge in [-0.2, -0.15) is 0 Å². The maximum atomic E-state index is 10.9. The van der Waals surface area contributed by atoms with E-state index in [0.29, 0.717) is 5.71 Å². The topological polar surface area (TPSA) is 79.0 Å². The van der Waals surface area contributed by atoms with Gasteiger partial charge in [0.1, 0.15) is 18.0 Å². The zero-order valence-corrected chi connectivity index (χ0v) is 10.4. The van der Waals surface area contributed by atoms with Gasteiger partial charge in [-0.3, -0.25) is 20.0 Å². The Kier molecular flexibility index (Phi) is 3.08. The van der Waals surface area contributed by atoms with E-state index in [1.54, 1.807) is 0 Å². The summed E-state index contributed by atoms with van der Waals surface area (Å²) in [5.74, 6) is 0. The third-order valence-corrected chi connectivity index (χ3v) is 3.42. The minimum atomic E-state index is -1.11. The second kappa shape index (κ2) is 3.78. The first-order valence-corrected chi connectivity index (χ1v) is 5.23. The van der Waals surface area contributed by atoms with Crippen LogP contribution < -0.4 is 0 Å². The predicted molar refractivity (Wildman–Crippen MR) is 61.2 cm³/mol. The fourth-order valence-corrected chi connectivity index (χ4v) is 2.10. The fourth-order valence-electron chi connectivity index (χ4n) is 2.10. The van der Waals surface area contributed by atoms with Crippen LogP contribution in [-0.2, 0) is 0 Å². The Morgan fingerprint density at radius 2 is 2.00 bits per heavy atom. The summed E-state index contributed by atoms with van der Waals surface area (Å²) >= 11 is 0. The summed E-state index contributed by atoms with van der Waals surface area (Å²) in [4.78, 5) is 16.8. The Hall–Kier alpha value is -1.01. The standard InChI is InChI=1S/C10H19N3O3/c1-9(2)8(7(6-14)13(15)16)11-10(3,4)12(9)5/h7,14H,6H2,1-5H3. The van der Waals surface area contributed by atoms with Crippen molar-refractivity contribution in [3.8, 4) is 0 Å². The Morgan fingerprint density at radius 1 is 1.50 bits per heavy atom. The molecule has 0 aromatic carbocycles. The lowest BCUT2D eigenvalue weighted by Crippen LogP contribution is -2.53. The summed E-state index contributed by atoms with van der Waals surface area (Å²) in [5, 5.41) is 20.0. The third kappa shape index (κ3) is 1.82. The molecule has 16 heavy (non-hydrogen) atoms.